The molecule has 0 atom stereocenters. The van der Waals surface area contributed by atoms with Gasteiger partial charge in [-0.2, -0.15) is 13.2 Å². The van der Waals surface area contributed by atoms with Crippen molar-refractivity contribution in [1.82, 2.24) is 20.4 Å². The van der Waals surface area contributed by atoms with Crippen molar-refractivity contribution in [2.45, 2.75) is 38.3 Å². The Balaban J connectivity index is 2.20. The molecule has 1 amide bonds. The Hall–Kier alpha value is -1.51. The number of rotatable bonds is 7. The van der Waals surface area contributed by atoms with Gasteiger partial charge in [0.15, 0.2) is 5.96 Å². The lowest BCUT2D eigenvalue weighted by Crippen LogP contribution is -2.46. The molecular formula is C16H30F3N5O. The smallest absolute Gasteiger partial charge is 0.356 e. The number of guanidine groups is 1. The molecule has 1 aliphatic heterocycles. The summed E-state index contributed by atoms with van der Waals surface area (Å²) >= 11 is 0. The first-order chi connectivity index (χ1) is 11.8. The highest BCUT2D eigenvalue weighted by molar-refractivity contribution is 5.86. The molecule has 0 aliphatic carbocycles. The Labute approximate surface area is 147 Å². The van der Waals surface area contributed by atoms with Crippen molar-refractivity contribution < 1.29 is 18.0 Å². The molecule has 2 N–H and O–H groups in total. The van der Waals surface area contributed by atoms with Crippen LogP contribution in [-0.4, -0.2) is 81.2 Å². The fraction of sp³-hybridized carbons (Fsp3) is 0.875. The number of likely N-dealkylation sites (tertiary alicyclic amines) is 1. The van der Waals surface area contributed by atoms with Gasteiger partial charge in [0.05, 0.1) is 6.54 Å². The minimum absolute atomic E-state index is 0.224. The van der Waals surface area contributed by atoms with Crippen LogP contribution < -0.4 is 10.6 Å². The topological polar surface area (TPSA) is 60.0 Å². The average Bonchev–Trinajstić information content (AvgIpc) is 2.81. The standard InChI is InChI=1S/C16H30F3N5O/c1-20-15(22-12-14(25)23(2)13-16(17,18)19)21-8-7-11-24-9-5-3-4-6-10-24/h3-13H2,1-2H3,(H2,20,21,22). The first kappa shape index (κ1) is 21.5. The summed E-state index contributed by atoms with van der Waals surface area (Å²) in [5.41, 5.74) is 0. The molecule has 146 valence electrons. The summed E-state index contributed by atoms with van der Waals surface area (Å²) in [6.45, 7) is 2.52. The number of hydrogen-bond donors (Lipinski definition) is 2. The van der Waals surface area contributed by atoms with Crippen LogP contribution >= 0.6 is 0 Å². The molecule has 1 saturated heterocycles. The van der Waals surface area contributed by atoms with Crippen LogP contribution in [0.3, 0.4) is 0 Å². The van der Waals surface area contributed by atoms with Gasteiger partial charge in [0.2, 0.25) is 5.91 Å². The number of likely N-dealkylation sites (N-methyl/N-ethyl adjacent to an activating group) is 1. The quantitative estimate of drug-likeness (QED) is 0.407. The van der Waals surface area contributed by atoms with E-state index in [4.69, 9.17) is 0 Å². The molecule has 0 aromatic heterocycles. The summed E-state index contributed by atoms with van der Waals surface area (Å²) < 4.78 is 36.8. The number of carbonyl (C=O) groups excluding carboxylic acids is 1. The largest absolute Gasteiger partial charge is 0.406 e. The van der Waals surface area contributed by atoms with Crippen LogP contribution in [0.2, 0.25) is 0 Å². The van der Waals surface area contributed by atoms with Gasteiger partial charge in [-0.25, -0.2) is 0 Å². The van der Waals surface area contributed by atoms with Crippen molar-refractivity contribution >= 4 is 11.9 Å². The SMILES string of the molecule is CN=C(NCCCN1CCCCCC1)NCC(=O)N(C)CC(F)(F)F. The predicted molar refractivity (Wildman–Crippen MR) is 92.6 cm³/mol. The molecule has 6 nitrogen and oxygen atoms in total. The van der Waals surface area contributed by atoms with Gasteiger partial charge < -0.3 is 20.4 Å². The molecule has 0 unspecified atom stereocenters. The van der Waals surface area contributed by atoms with Crippen LogP contribution in [0.1, 0.15) is 32.1 Å². The van der Waals surface area contributed by atoms with Gasteiger partial charge in [-0.15, -0.1) is 0 Å². The number of carbonyl (C=O) groups is 1. The van der Waals surface area contributed by atoms with E-state index >= 15 is 0 Å². The zero-order valence-electron chi connectivity index (χ0n) is 15.2. The Kier molecular flexibility index (Phi) is 9.62. The van der Waals surface area contributed by atoms with Crippen LogP contribution in [0.15, 0.2) is 4.99 Å². The molecule has 0 aromatic carbocycles. The lowest BCUT2D eigenvalue weighted by atomic mass is 10.2. The molecule has 0 aromatic rings. The maximum absolute atomic E-state index is 12.3. The lowest BCUT2D eigenvalue weighted by Gasteiger charge is -2.21. The summed E-state index contributed by atoms with van der Waals surface area (Å²) in [5, 5.41) is 5.84. The van der Waals surface area contributed by atoms with Crippen molar-refractivity contribution in [2.24, 2.45) is 4.99 Å². The van der Waals surface area contributed by atoms with E-state index in [0.717, 1.165) is 33.1 Å². The molecule has 1 rings (SSSR count). The second-order valence-corrected chi connectivity index (χ2v) is 6.33. The Morgan fingerprint density at radius 3 is 2.36 bits per heavy atom. The lowest BCUT2D eigenvalue weighted by molar-refractivity contribution is -0.157. The third kappa shape index (κ3) is 10.2. The highest BCUT2D eigenvalue weighted by Crippen LogP contribution is 2.15. The minimum Gasteiger partial charge on any atom is -0.356 e. The molecule has 25 heavy (non-hydrogen) atoms. The third-order valence-electron chi connectivity index (χ3n) is 4.12. The van der Waals surface area contributed by atoms with Gasteiger partial charge in [-0.05, 0) is 38.9 Å². The molecule has 0 bridgehead atoms. The normalized spacial score (nSPS) is 17.1. The number of aliphatic imine (C=N–C) groups is 1. The van der Waals surface area contributed by atoms with Gasteiger partial charge in [0.25, 0.3) is 0 Å². The van der Waals surface area contributed by atoms with Crippen molar-refractivity contribution in [3.8, 4) is 0 Å². The van der Waals surface area contributed by atoms with E-state index in [1.807, 2.05) is 0 Å². The molecule has 1 aliphatic rings. The molecular weight excluding hydrogens is 335 g/mol. The van der Waals surface area contributed by atoms with Gasteiger partial charge in [-0.3, -0.25) is 9.79 Å². The van der Waals surface area contributed by atoms with Crippen LogP contribution in [0.4, 0.5) is 13.2 Å². The zero-order chi connectivity index (χ0) is 18.7. The number of hydrogen-bond acceptors (Lipinski definition) is 3. The second kappa shape index (κ2) is 11.2. The third-order valence-corrected chi connectivity index (χ3v) is 4.12. The van der Waals surface area contributed by atoms with E-state index in [1.165, 1.54) is 25.7 Å². The number of alkyl halides is 3. The van der Waals surface area contributed by atoms with Crippen molar-refractivity contribution in [1.29, 1.82) is 0 Å². The summed E-state index contributed by atoms with van der Waals surface area (Å²) in [6, 6.07) is 0. The maximum Gasteiger partial charge on any atom is 0.406 e. The van der Waals surface area contributed by atoms with E-state index < -0.39 is 18.6 Å². The maximum atomic E-state index is 12.3. The summed E-state index contributed by atoms with van der Waals surface area (Å²) in [4.78, 5) is 18.8. The Morgan fingerprint density at radius 2 is 1.80 bits per heavy atom. The molecule has 1 fully saturated rings. The van der Waals surface area contributed by atoms with Gasteiger partial charge in [-0.1, -0.05) is 12.8 Å². The average molecular weight is 365 g/mol. The van der Waals surface area contributed by atoms with E-state index in [2.05, 4.69) is 20.5 Å². The zero-order valence-corrected chi connectivity index (χ0v) is 15.2. The van der Waals surface area contributed by atoms with Crippen LogP contribution in [0, 0.1) is 0 Å². The summed E-state index contributed by atoms with van der Waals surface area (Å²) in [5.74, 6) is -0.213. The summed E-state index contributed by atoms with van der Waals surface area (Å²) in [7, 11) is 2.70. The van der Waals surface area contributed by atoms with Crippen molar-refractivity contribution in [3.05, 3.63) is 0 Å². The number of halogens is 3. The number of nitrogens with one attached hydrogen (secondary N) is 2. The Bertz CT molecular complexity index is 420. The second-order valence-electron chi connectivity index (χ2n) is 6.33. The van der Waals surface area contributed by atoms with E-state index in [9.17, 15) is 18.0 Å². The first-order valence-corrected chi connectivity index (χ1v) is 8.79. The van der Waals surface area contributed by atoms with Crippen LogP contribution in [0.25, 0.3) is 0 Å². The molecule has 1 heterocycles. The van der Waals surface area contributed by atoms with Crippen LogP contribution in [-0.2, 0) is 4.79 Å². The van der Waals surface area contributed by atoms with Gasteiger partial charge >= 0.3 is 6.18 Å². The molecule has 0 spiro atoms. The predicted octanol–water partition coefficient (Wildman–Crippen LogP) is 1.44. The summed E-state index contributed by atoms with van der Waals surface area (Å²) in [6.07, 6.45) is 1.68. The monoisotopic (exact) mass is 365 g/mol. The van der Waals surface area contributed by atoms with Gasteiger partial charge in [0.1, 0.15) is 6.54 Å². The highest BCUT2D eigenvalue weighted by Gasteiger charge is 2.31. The highest BCUT2D eigenvalue weighted by atomic mass is 19.4. The van der Waals surface area contributed by atoms with E-state index in [1.54, 1.807) is 7.05 Å². The number of nitrogens with zero attached hydrogens (tertiary/aromatic N) is 3. The van der Waals surface area contributed by atoms with E-state index in [-0.39, 0.29) is 6.54 Å². The molecule has 9 heteroatoms. The minimum atomic E-state index is -4.39. The van der Waals surface area contributed by atoms with Crippen LogP contribution in [0.5, 0.6) is 0 Å². The molecule has 0 saturated carbocycles. The van der Waals surface area contributed by atoms with Crippen molar-refractivity contribution in [3.63, 3.8) is 0 Å². The number of amides is 1. The Morgan fingerprint density at radius 1 is 1.16 bits per heavy atom. The molecule has 0 radical (unpaired) electrons. The fourth-order valence-electron chi connectivity index (χ4n) is 2.74. The van der Waals surface area contributed by atoms with Crippen molar-refractivity contribution in [2.75, 3.05) is 53.4 Å². The first-order valence-electron chi connectivity index (χ1n) is 8.79. The van der Waals surface area contributed by atoms with Gasteiger partial charge in [0, 0.05) is 20.6 Å². The fourth-order valence-corrected chi connectivity index (χ4v) is 2.74. The van der Waals surface area contributed by atoms with E-state index in [0.29, 0.717) is 17.4 Å².